The van der Waals surface area contributed by atoms with Gasteiger partial charge in [-0.3, -0.25) is 9.52 Å². The molecule has 3 aromatic rings. The quantitative estimate of drug-likeness (QED) is 0.456. The zero-order chi connectivity index (χ0) is 25.0. The van der Waals surface area contributed by atoms with Crippen LogP contribution in [0, 0.1) is 5.82 Å². The molecule has 1 amide bonds. The number of halogens is 1. The Hall–Kier alpha value is -4.12. The fourth-order valence-corrected chi connectivity index (χ4v) is 4.32. The Labute approximate surface area is 200 Å². The molecule has 0 radical (unpaired) electrons. The Kier molecular flexibility index (Phi) is 6.87. The van der Waals surface area contributed by atoms with Gasteiger partial charge in [-0.1, -0.05) is 24.3 Å². The normalized spacial score (nSPS) is 13.1. The summed E-state index contributed by atoms with van der Waals surface area (Å²) in [6.07, 6.45) is -1.15. The van der Waals surface area contributed by atoms with Crippen LogP contribution in [0.25, 0.3) is 0 Å². The van der Waals surface area contributed by atoms with Gasteiger partial charge in [0, 0.05) is 6.54 Å². The predicted octanol–water partition coefficient (Wildman–Crippen LogP) is 3.22. The molecule has 1 atom stereocenters. The third-order valence-corrected chi connectivity index (χ3v) is 6.42. The van der Waals surface area contributed by atoms with E-state index in [0.29, 0.717) is 11.5 Å². The van der Waals surface area contributed by atoms with Gasteiger partial charge in [0.1, 0.15) is 5.82 Å². The first-order valence-corrected chi connectivity index (χ1v) is 12.0. The van der Waals surface area contributed by atoms with Crippen molar-refractivity contribution in [1.82, 2.24) is 5.32 Å². The largest absolute Gasteiger partial charge is 0.454 e. The average Bonchev–Trinajstić information content (AvgIpc) is 3.32. The van der Waals surface area contributed by atoms with E-state index in [1.54, 1.807) is 18.2 Å². The molecule has 11 heteroatoms. The van der Waals surface area contributed by atoms with Crippen molar-refractivity contribution in [2.24, 2.45) is 0 Å². The highest BCUT2D eigenvalue weighted by Crippen LogP contribution is 2.32. The lowest BCUT2D eigenvalue weighted by atomic mass is 10.2. The van der Waals surface area contributed by atoms with Crippen LogP contribution in [-0.4, -0.2) is 33.2 Å². The first kappa shape index (κ1) is 24.0. The SMILES string of the molecule is C[C@H](OC(=O)c1cccc(S(=O)(=O)Nc2ccccc2F)c1)C(=O)NCc1ccc2c(c1)OCO2. The minimum absolute atomic E-state index is 0.0863. The average molecular weight is 501 g/mol. The van der Waals surface area contributed by atoms with Gasteiger partial charge in [-0.05, 0) is 55.0 Å². The molecule has 0 spiro atoms. The minimum Gasteiger partial charge on any atom is -0.454 e. The van der Waals surface area contributed by atoms with Crippen LogP contribution in [0.3, 0.4) is 0 Å². The van der Waals surface area contributed by atoms with Crippen LogP contribution >= 0.6 is 0 Å². The van der Waals surface area contributed by atoms with Crippen molar-refractivity contribution in [2.45, 2.75) is 24.5 Å². The fourth-order valence-electron chi connectivity index (χ4n) is 3.20. The second-order valence-electron chi connectivity index (χ2n) is 7.57. The molecule has 0 bridgehead atoms. The molecule has 182 valence electrons. The van der Waals surface area contributed by atoms with Gasteiger partial charge in [-0.25, -0.2) is 17.6 Å². The summed E-state index contributed by atoms with van der Waals surface area (Å²) >= 11 is 0. The number of hydrogen-bond acceptors (Lipinski definition) is 7. The molecular formula is C24H21FN2O7S. The number of benzene rings is 3. The summed E-state index contributed by atoms with van der Waals surface area (Å²) in [5.74, 6) is -0.974. The number of amides is 1. The van der Waals surface area contributed by atoms with Crippen LogP contribution in [0.2, 0.25) is 0 Å². The molecule has 1 heterocycles. The molecule has 0 aromatic heterocycles. The van der Waals surface area contributed by atoms with Crippen LogP contribution in [0.1, 0.15) is 22.8 Å². The first-order chi connectivity index (χ1) is 16.7. The number of esters is 1. The van der Waals surface area contributed by atoms with Gasteiger partial charge in [-0.2, -0.15) is 0 Å². The third-order valence-electron chi connectivity index (χ3n) is 5.05. The van der Waals surface area contributed by atoms with E-state index in [9.17, 15) is 22.4 Å². The topological polar surface area (TPSA) is 120 Å². The van der Waals surface area contributed by atoms with Crippen LogP contribution in [-0.2, 0) is 26.1 Å². The molecule has 1 aliphatic heterocycles. The van der Waals surface area contributed by atoms with Crippen molar-refractivity contribution in [3.8, 4) is 11.5 Å². The van der Waals surface area contributed by atoms with Crippen LogP contribution in [0.5, 0.6) is 11.5 Å². The number of hydrogen-bond donors (Lipinski definition) is 2. The van der Waals surface area contributed by atoms with E-state index < -0.39 is 33.8 Å². The number of sulfonamides is 1. The lowest BCUT2D eigenvalue weighted by molar-refractivity contribution is -0.129. The number of anilines is 1. The van der Waals surface area contributed by atoms with Crippen molar-refractivity contribution in [3.05, 3.63) is 83.7 Å². The standard InChI is InChI=1S/C24H21FN2O7S/c1-15(23(28)26-13-16-9-10-21-22(11-16)33-14-32-21)34-24(29)17-5-4-6-18(12-17)35(30,31)27-20-8-3-2-7-19(20)25/h2-12,15,27H,13-14H2,1H3,(H,26,28)/t15-/m0/s1. The molecule has 1 aliphatic rings. The maximum Gasteiger partial charge on any atom is 0.338 e. The summed E-state index contributed by atoms with van der Waals surface area (Å²) in [7, 11) is -4.18. The van der Waals surface area contributed by atoms with Crippen LogP contribution in [0.4, 0.5) is 10.1 Å². The molecule has 9 nitrogen and oxygen atoms in total. The zero-order valence-electron chi connectivity index (χ0n) is 18.5. The second kappa shape index (κ2) is 10.0. The Morgan fingerprint density at radius 1 is 1.03 bits per heavy atom. The molecule has 2 N–H and O–H groups in total. The summed E-state index contributed by atoms with van der Waals surface area (Å²) in [6, 6.07) is 15.6. The number of para-hydroxylation sites is 1. The molecule has 35 heavy (non-hydrogen) atoms. The molecule has 0 saturated carbocycles. The highest BCUT2D eigenvalue weighted by Gasteiger charge is 2.22. The van der Waals surface area contributed by atoms with Gasteiger partial charge in [0.05, 0.1) is 16.1 Å². The summed E-state index contributed by atoms with van der Waals surface area (Å²) < 4.78 is 57.0. The Morgan fingerprint density at radius 3 is 2.60 bits per heavy atom. The molecular weight excluding hydrogens is 479 g/mol. The monoisotopic (exact) mass is 500 g/mol. The number of nitrogens with one attached hydrogen (secondary N) is 2. The van der Waals surface area contributed by atoms with Crippen molar-refractivity contribution >= 4 is 27.6 Å². The number of rotatable bonds is 8. The third kappa shape index (κ3) is 5.69. The highest BCUT2D eigenvalue weighted by molar-refractivity contribution is 7.92. The second-order valence-corrected chi connectivity index (χ2v) is 9.25. The number of carbonyl (C=O) groups is 2. The van der Waals surface area contributed by atoms with Crippen LogP contribution < -0.4 is 19.5 Å². The van der Waals surface area contributed by atoms with E-state index in [1.807, 2.05) is 0 Å². The summed E-state index contributed by atoms with van der Waals surface area (Å²) in [6.45, 7) is 1.71. The van der Waals surface area contributed by atoms with E-state index >= 15 is 0 Å². The first-order valence-electron chi connectivity index (χ1n) is 10.5. The van der Waals surface area contributed by atoms with E-state index in [4.69, 9.17) is 14.2 Å². The fraction of sp³-hybridized carbons (Fsp3) is 0.167. The number of ether oxygens (including phenoxy) is 3. The van der Waals surface area contributed by atoms with Crippen molar-refractivity contribution in [2.75, 3.05) is 11.5 Å². The van der Waals surface area contributed by atoms with Crippen molar-refractivity contribution < 1.29 is 36.6 Å². The summed E-state index contributed by atoms with van der Waals surface area (Å²) in [5, 5.41) is 2.66. The lowest BCUT2D eigenvalue weighted by Gasteiger charge is -2.14. The highest BCUT2D eigenvalue weighted by atomic mass is 32.2. The lowest BCUT2D eigenvalue weighted by Crippen LogP contribution is -2.35. The Bertz CT molecular complexity index is 1380. The smallest absolute Gasteiger partial charge is 0.338 e. The Morgan fingerprint density at radius 2 is 1.80 bits per heavy atom. The molecule has 4 rings (SSSR count). The molecule has 3 aromatic carbocycles. The van der Waals surface area contributed by atoms with Gasteiger partial charge in [0.25, 0.3) is 15.9 Å². The van der Waals surface area contributed by atoms with E-state index in [0.717, 1.165) is 17.7 Å². The number of fused-ring (bicyclic) bond motifs is 1. The maximum atomic E-state index is 13.8. The van der Waals surface area contributed by atoms with Gasteiger partial charge < -0.3 is 19.5 Å². The number of carbonyl (C=O) groups excluding carboxylic acids is 2. The van der Waals surface area contributed by atoms with E-state index in [1.165, 1.54) is 43.3 Å². The van der Waals surface area contributed by atoms with Gasteiger partial charge >= 0.3 is 5.97 Å². The maximum absolute atomic E-state index is 13.8. The van der Waals surface area contributed by atoms with Gasteiger partial charge in [-0.15, -0.1) is 0 Å². The predicted molar refractivity (Wildman–Crippen MR) is 123 cm³/mol. The molecule has 0 unspecified atom stereocenters. The van der Waals surface area contributed by atoms with Gasteiger partial charge in [0.2, 0.25) is 6.79 Å². The summed E-state index contributed by atoms with van der Waals surface area (Å²) in [4.78, 5) is 24.7. The minimum atomic E-state index is -4.18. The van der Waals surface area contributed by atoms with Crippen molar-refractivity contribution in [1.29, 1.82) is 0 Å². The van der Waals surface area contributed by atoms with E-state index in [-0.39, 0.29) is 29.5 Å². The molecule has 0 saturated heterocycles. The Balaban J connectivity index is 1.37. The molecule has 0 fully saturated rings. The zero-order valence-corrected chi connectivity index (χ0v) is 19.3. The van der Waals surface area contributed by atoms with Crippen molar-refractivity contribution in [3.63, 3.8) is 0 Å². The summed E-state index contributed by atoms with van der Waals surface area (Å²) in [5.41, 5.74) is 0.450. The van der Waals surface area contributed by atoms with E-state index in [2.05, 4.69) is 10.0 Å². The van der Waals surface area contributed by atoms with Gasteiger partial charge in [0.15, 0.2) is 17.6 Å². The van der Waals surface area contributed by atoms with Crippen LogP contribution in [0.15, 0.2) is 71.6 Å². The molecule has 0 aliphatic carbocycles.